The van der Waals surface area contributed by atoms with E-state index in [1.165, 1.54) is 6.08 Å². The summed E-state index contributed by atoms with van der Waals surface area (Å²) < 4.78 is 10.7. The molecule has 0 radical (unpaired) electrons. The minimum absolute atomic E-state index is 0.0426. The maximum absolute atomic E-state index is 11.5. The Morgan fingerprint density at radius 1 is 1.21 bits per heavy atom. The summed E-state index contributed by atoms with van der Waals surface area (Å²) in [4.78, 5) is 11.5. The summed E-state index contributed by atoms with van der Waals surface area (Å²) in [7, 11) is 0. The predicted octanol–water partition coefficient (Wildman–Crippen LogP) is 3.83. The van der Waals surface area contributed by atoms with Gasteiger partial charge < -0.3 is 9.47 Å². The molecule has 0 fully saturated rings. The third kappa shape index (κ3) is 6.09. The maximum Gasteiger partial charge on any atom is 0.331 e. The van der Waals surface area contributed by atoms with Crippen molar-refractivity contribution in [3.8, 4) is 5.75 Å². The summed E-state index contributed by atoms with van der Waals surface area (Å²) in [5.41, 5.74) is 0.942. The molecule has 19 heavy (non-hydrogen) atoms. The number of hydrogen-bond acceptors (Lipinski definition) is 3. The van der Waals surface area contributed by atoms with Crippen LogP contribution in [0.4, 0.5) is 0 Å². The second kappa shape index (κ2) is 7.62. The van der Waals surface area contributed by atoms with Crippen molar-refractivity contribution < 1.29 is 14.3 Å². The number of ether oxygens (including phenoxy) is 2. The first-order chi connectivity index (χ1) is 9.01. The van der Waals surface area contributed by atoms with Crippen LogP contribution in [0, 0.1) is 0 Å². The van der Waals surface area contributed by atoms with E-state index >= 15 is 0 Å². The van der Waals surface area contributed by atoms with E-state index in [0.29, 0.717) is 0 Å². The van der Waals surface area contributed by atoms with Crippen LogP contribution in [0.2, 0.25) is 0 Å². The molecule has 104 valence electrons. The van der Waals surface area contributed by atoms with Crippen molar-refractivity contribution in [1.82, 2.24) is 0 Å². The highest BCUT2D eigenvalue weighted by Crippen LogP contribution is 2.14. The van der Waals surface area contributed by atoms with Gasteiger partial charge in [-0.05, 0) is 51.0 Å². The molecular formula is C16H22O3. The van der Waals surface area contributed by atoms with Crippen molar-refractivity contribution in [2.75, 3.05) is 0 Å². The van der Waals surface area contributed by atoms with Crippen molar-refractivity contribution in [2.24, 2.45) is 0 Å². The van der Waals surface area contributed by atoms with Crippen molar-refractivity contribution in [3.05, 3.63) is 35.9 Å². The van der Waals surface area contributed by atoms with Crippen molar-refractivity contribution in [3.63, 3.8) is 0 Å². The average molecular weight is 262 g/mol. The van der Waals surface area contributed by atoms with Gasteiger partial charge in [-0.15, -0.1) is 0 Å². The molecule has 0 heterocycles. The molecule has 0 aliphatic heterocycles. The van der Waals surface area contributed by atoms with Crippen LogP contribution in [0.1, 0.15) is 39.7 Å². The van der Waals surface area contributed by atoms with E-state index in [9.17, 15) is 4.79 Å². The molecule has 1 unspecified atom stereocenters. The molecule has 1 aromatic rings. The lowest BCUT2D eigenvalue weighted by atomic mass is 10.2. The van der Waals surface area contributed by atoms with E-state index in [2.05, 4.69) is 0 Å². The quantitative estimate of drug-likeness (QED) is 0.577. The van der Waals surface area contributed by atoms with Crippen LogP contribution in [-0.4, -0.2) is 18.2 Å². The van der Waals surface area contributed by atoms with Gasteiger partial charge in [0.05, 0.1) is 12.2 Å². The van der Waals surface area contributed by atoms with Crippen molar-refractivity contribution in [1.29, 1.82) is 0 Å². The zero-order valence-corrected chi connectivity index (χ0v) is 12.1. The summed E-state index contributed by atoms with van der Waals surface area (Å²) in [5, 5.41) is 0. The molecule has 0 saturated heterocycles. The highest BCUT2D eigenvalue weighted by atomic mass is 16.5. The fourth-order valence-electron chi connectivity index (χ4n) is 1.41. The van der Waals surface area contributed by atoms with E-state index in [-0.39, 0.29) is 18.2 Å². The van der Waals surface area contributed by atoms with Gasteiger partial charge in [0.25, 0.3) is 0 Å². The lowest BCUT2D eigenvalue weighted by Gasteiger charge is -2.09. The average Bonchev–Trinajstić information content (AvgIpc) is 2.37. The molecule has 1 rings (SSSR count). The molecule has 0 spiro atoms. The topological polar surface area (TPSA) is 35.5 Å². The van der Waals surface area contributed by atoms with Gasteiger partial charge in [0.1, 0.15) is 5.75 Å². The molecule has 0 N–H and O–H groups in total. The van der Waals surface area contributed by atoms with E-state index < -0.39 is 0 Å². The third-order valence-corrected chi connectivity index (χ3v) is 2.56. The minimum atomic E-state index is -0.308. The van der Waals surface area contributed by atoms with E-state index in [4.69, 9.17) is 9.47 Å². The Morgan fingerprint density at radius 3 is 2.37 bits per heavy atom. The Balaban J connectivity index is 2.55. The van der Waals surface area contributed by atoms with Crippen LogP contribution >= 0.6 is 0 Å². The molecular weight excluding hydrogens is 240 g/mol. The van der Waals surface area contributed by atoms with Crippen LogP contribution in [0.25, 0.3) is 6.08 Å². The zero-order chi connectivity index (χ0) is 14.3. The van der Waals surface area contributed by atoms with Gasteiger partial charge >= 0.3 is 5.97 Å². The zero-order valence-electron chi connectivity index (χ0n) is 12.1. The van der Waals surface area contributed by atoms with Gasteiger partial charge in [-0.3, -0.25) is 0 Å². The van der Waals surface area contributed by atoms with Crippen LogP contribution in [0.5, 0.6) is 5.75 Å². The summed E-state index contributed by atoms with van der Waals surface area (Å²) in [6.07, 6.45) is 4.13. The largest absolute Gasteiger partial charge is 0.491 e. The molecule has 0 amide bonds. The second-order valence-corrected chi connectivity index (χ2v) is 4.72. The lowest BCUT2D eigenvalue weighted by molar-refractivity contribution is -0.142. The molecule has 1 aromatic carbocycles. The summed E-state index contributed by atoms with van der Waals surface area (Å²) in [5.74, 6) is 0.520. The molecule has 3 heteroatoms. The van der Waals surface area contributed by atoms with E-state index in [0.717, 1.165) is 17.7 Å². The molecule has 1 atom stereocenters. The van der Waals surface area contributed by atoms with Crippen LogP contribution in [0.15, 0.2) is 30.3 Å². The molecule has 0 aliphatic rings. The monoisotopic (exact) mass is 262 g/mol. The summed E-state index contributed by atoms with van der Waals surface area (Å²) in [6, 6.07) is 7.59. The standard InChI is InChI=1S/C16H22O3/c1-5-13(4)19-16(17)11-8-14-6-9-15(10-7-14)18-12(2)3/h6-13H,5H2,1-4H3/b11-8+. The van der Waals surface area contributed by atoms with Gasteiger partial charge in [0.2, 0.25) is 0 Å². The highest BCUT2D eigenvalue weighted by molar-refractivity contribution is 5.87. The Labute approximate surface area is 115 Å². The number of carbonyl (C=O) groups is 1. The highest BCUT2D eigenvalue weighted by Gasteiger charge is 2.03. The lowest BCUT2D eigenvalue weighted by Crippen LogP contribution is -2.11. The summed E-state index contributed by atoms with van der Waals surface area (Å²) in [6.45, 7) is 7.83. The SMILES string of the molecule is CCC(C)OC(=O)/C=C/c1ccc(OC(C)C)cc1. The third-order valence-electron chi connectivity index (χ3n) is 2.56. The van der Waals surface area contributed by atoms with Crippen LogP contribution in [0.3, 0.4) is 0 Å². The Morgan fingerprint density at radius 2 is 1.84 bits per heavy atom. The number of esters is 1. The second-order valence-electron chi connectivity index (χ2n) is 4.72. The Hall–Kier alpha value is -1.77. The number of hydrogen-bond donors (Lipinski definition) is 0. The molecule has 3 nitrogen and oxygen atoms in total. The molecule has 0 saturated carbocycles. The van der Waals surface area contributed by atoms with Crippen molar-refractivity contribution in [2.45, 2.75) is 46.3 Å². The number of benzene rings is 1. The number of carbonyl (C=O) groups excluding carboxylic acids is 1. The predicted molar refractivity (Wildman–Crippen MR) is 77.1 cm³/mol. The fraction of sp³-hybridized carbons (Fsp3) is 0.438. The smallest absolute Gasteiger partial charge is 0.331 e. The van der Waals surface area contributed by atoms with Crippen LogP contribution < -0.4 is 4.74 Å². The molecule has 0 bridgehead atoms. The molecule has 0 aromatic heterocycles. The first kappa shape index (κ1) is 15.3. The normalized spacial score (nSPS) is 12.7. The Bertz CT molecular complexity index is 418. The van der Waals surface area contributed by atoms with E-state index in [1.54, 1.807) is 6.08 Å². The van der Waals surface area contributed by atoms with Crippen molar-refractivity contribution >= 4 is 12.0 Å². The fourth-order valence-corrected chi connectivity index (χ4v) is 1.41. The molecule has 0 aliphatic carbocycles. The summed E-state index contributed by atoms with van der Waals surface area (Å²) >= 11 is 0. The Kier molecular flexibility index (Phi) is 6.13. The minimum Gasteiger partial charge on any atom is -0.491 e. The van der Waals surface area contributed by atoms with Gasteiger partial charge in [0.15, 0.2) is 0 Å². The van der Waals surface area contributed by atoms with Gasteiger partial charge in [-0.25, -0.2) is 4.79 Å². The van der Waals surface area contributed by atoms with Gasteiger partial charge in [-0.2, -0.15) is 0 Å². The van der Waals surface area contributed by atoms with Gasteiger partial charge in [-0.1, -0.05) is 19.1 Å². The van der Waals surface area contributed by atoms with Crippen LogP contribution in [-0.2, 0) is 9.53 Å². The number of rotatable bonds is 6. The maximum atomic E-state index is 11.5. The van der Waals surface area contributed by atoms with E-state index in [1.807, 2.05) is 52.0 Å². The first-order valence-electron chi connectivity index (χ1n) is 6.66. The van der Waals surface area contributed by atoms with Gasteiger partial charge in [0, 0.05) is 6.08 Å². The first-order valence-corrected chi connectivity index (χ1v) is 6.66.